The summed E-state index contributed by atoms with van der Waals surface area (Å²) in [6.07, 6.45) is 0. The summed E-state index contributed by atoms with van der Waals surface area (Å²) in [4.78, 5) is 16.9. The van der Waals surface area contributed by atoms with E-state index >= 15 is 0 Å². The predicted octanol–water partition coefficient (Wildman–Crippen LogP) is 2.43. The van der Waals surface area contributed by atoms with Gasteiger partial charge in [0.05, 0.1) is 6.04 Å². The Balaban J connectivity index is 2.92. The lowest BCUT2D eigenvalue weighted by atomic mass is 10.2. The summed E-state index contributed by atoms with van der Waals surface area (Å²) in [7, 11) is 0. The third kappa shape index (κ3) is 3.28. The first-order valence-corrected chi connectivity index (χ1v) is 5.98. The fourth-order valence-corrected chi connectivity index (χ4v) is 1.99. The molecule has 0 fully saturated rings. The fourth-order valence-electron chi connectivity index (χ4n) is 1.13. The maximum absolute atomic E-state index is 11.8. The van der Waals surface area contributed by atoms with Crippen LogP contribution in [-0.2, 0) is 4.74 Å². The normalized spacial score (nSPS) is 13.6. The number of aryl methyl sites for hydroxylation is 1. The molecule has 0 aliphatic heterocycles. The van der Waals surface area contributed by atoms with Crippen molar-refractivity contribution in [3.05, 3.63) is 15.6 Å². The molecular weight excluding hydrogens is 224 g/mol. The first kappa shape index (κ1) is 13.1. The molecule has 0 radical (unpaired) electrons. The zero-order valence-corrected chi connectivity index (χ0v) is 11.1. The Kier molecular flexibility index (Phi) is 3.70. The van der Waals surface area contributed by atoms with Crippen molar-refractivity contribution >= 4 is 17.3 Å². The average molecular weight is 242 g/mol. The highest BCUT2D eigenvalue weighted by Gasteiger charge is 2.23. The van der Waals surface area contributed by atoms with E-state index in [0.29, 0.717) is 5.69 Å². The molecule has 0 spiro atoms. The van der Waals surface area contributed by atoms with Crippen molar-refractivity contribution in [2.24, 2.45) is 5.73 Å². The van der Waals surface area contributed by atoms with Gasteiger partial charge in [-0.15, -0.1) is 11.3 Å². The second-order valence-corrected chi connectivity index (χ2v) is 5.98. The van der Waals surface area contributed by atoms with Gasteiger partial charge >= 0.3 is 5.97 Å². The topological polar surface area (TPSA) is 65.2 Å². The lowest BCUT2D eigenvalue weighted by Gasteiger charge is -2.18. The van der Waals surface area contributed by atoms with E-state index in [1.54, 1.807) is 0 Å². The van der Waals surface area contributed by atoms with Gasteiger partial charge in [-0.05, 0) is 34.6 Å². The van der Waals surface area contributed by atoms with E-state index < -0.39 is 5.60 Å². The van der Waals surface area contributed by atoms with Crippen LogP contribution in [0.2, 0.25) is 0 Å². The first-order chi connectivity index (χ1) is 7.20. The number of esters is 1. The van der Waals surface area contributed by atoms with Gasteiger partial charge in [0.1, 0.15) is 10.6 Å². The number of carbonyl (C=O) groups is 1. The molecule has 2 N–H and O–H groups in total. The van der Waals surface area contributed by atoms with Gasteiger partial charge in [0.2, 0.25) is 0 Å². The zero-order valence-electron chi connectivity index (χ0n) is 10.3. The van der Waals surface area contributed by atoms with E-state index in [-0.39, 0.29) is 12.0 Å². The SMILES string of the molecule is Cc1sc(C(C)N)nc1C(=O)OC(C)(C)C. The molecule has 0 saturated heterocycles. The summed E-state index contributed by atoms with van der Waals surface area (Å²) >= 11 is 1.44. The van der Waals surface area contributed by atoms with Crippen molar-refractivity contribution < 1.29 is 9.53 Å². The van der Waals surface area contributed by atoms with Crippen molar-refractivity contribution in [3.63, 3.8) is 0 Å². The quantitative estimate of drug-likeness (QED) is 0.809. The minimum absolute atomic E-state index is 0.153. The summed E-state index contributed by atoms with van der Waals surface area (Å²) in [5.41, 5.74) is 5.60. The molecule has 1 atom stereocenters. The van der Waals surface area contributed by atoms with Crippen LogP contribution in [0.5, 0.6) is 0 Å². The summed E-state index contributed by atoms with van der Waals surface area (Å²) in [6.45, 7) is 9.19. The Hall–Kier alpha value is -0.940. The summed E-state index contributed by atoms with van der Waals surface area (Å²) in [5, 5.41) is 0.762. The van der Waals surface area contributed by atoms with E-state index in [1.807, 2.05) is 34.6 Å². The lowest BCUT2D eigenvalue weighted by Crippen LogP contribution is -2.24. The Morgan fingerprint density at radius 3 is 2.44 bits per heavy atom. The molecule has 0 amide bonds. The van der Waals surface area contributed by atoms with Crippen LogP contribution < -0.4 is 5.73 Å². The van der Waals surface area contributed by atoms with Gasteiger partial charge in [-0.3, -0.25) is 0 Å². The number of nitrogens with zero attached hydrogens (tertiary/aromatic N) is 1. The van der Waals surface area contributed by atoms with E-state index in [0.717, 1.165) is 9.88 Å². The minimum atomic E-state index is -0.498. The highest BCUT2D eigenvalue weighted by Crippen LogP contribution is 2.23. The van der Waals surface area contributed by atoms with Gasteiger partial charge in [0, 0.05) is 4.88 Å². The maximum atomic E-state index is 11.8. The zero-order chi connectivity index (χ0) is 12.5. The van der Waals surface area contributed by atoms with E-state index in [4.69, 9.17) is 10.5 Å². The van der Waals surface area contributed by atoms with Crippen molar-refractivity contribution in [1.29, 1.82) is 0 Å². The van der Waals surface area contributed by atoms with Crippen LogP contribution in [0.1, 0.15) is 54.1 Å². The van der Waals surface area contributed by atoms with E-state index in [9.17, 15) is 4.79 Å². The second kappa shape index (κ2) is 4.51. The monoisotopic (exact) mass is 242 g/mol. The van der Waals surface area contributed by atoms with Crippen LogP contribution in [0, 0.1) is 6.92 Å². The van der Waals surface area contributed by atoms with Crippen molar-refractivity contribution in [2.45, 2.75) is 46.3 Å². The first-order valence-electron chi connectivity index (χ1n) is 5.17. The Morgan fingerprint density at radius 2 is 2.06 bits per heavy atom. The largest absolute Gasteiger partial charge is 0.455 e. The molecule has 1 rings (SSSR count). The summed E-state index contributed by atoms with van der Waals surface area (Å²) < 4.78 is 5.26. The lowest BCUT2D eigenvalue weighted by molar-refractivity contribution is 0.00628. The Bertz CT molecular complexity index is 391. The molecule has 0 aromatic carbocycles. The number of hydrogen-bond acceptors (Lipinski definition) is 5. The molecule has 0 saturated carbocycles. The minimum Gasteiger partial charge on any atom is -0.455 e. The summed E-state index contributed by atoms with van der Waals surface area (Å²) in [5.74, 6) is -0.381. The maximum Gasteiger partial charge on any atom is 0.358 e. The third-order valence-corrected chi connectivity index (χ3v) is 2.97. The average Bonchev–Trinajstić information content (AvgIpc) is 2.44. The Morgan fingerprint density at radius 1 is 1.50 bits per heavy atom. The molecular formula is C11H18N2O2S. The predicted molar refractivity (Wildman–Crippen MR) is 64.6 cm³/mol. The number of thiazole rings is 1. The molecule has 0 bridgehead atoms. The van der Waals surface area contributed by atoms with Gasteiger partial charge in [-0.2, -0.15) is 0 Å². The number of carbonyl (C=O) groups excluding carboxylic acids is 1. The molecule has 90 valence electrons. The smallest absolute Gasteiger partial charge is 0.358 e. The van der Waals surface area contributed by atoms with Crippen LogP contribution >= 0.6 is 11.3 Å². The van der Waals surface area contributed by atoms with Gasteiger partial charge in [0.15, 0.2) is 5.69 Å². The standard InChI is InChI=1S/C11H18N2O2S/c1-6(12)9-13-8(7(2)16-9)10(14)15-11(3,4)5/h6H,12H2,1-5H3. The van der Waals surface area contributed by atoms with Gasteiger partial charge in [0.25, 0.3) is 0 Å². The van der Waals surface area contributed by atoms with Crippen molar-refractivity contribution in [2.75, 3.05) is 0 Å². The summed E-state index contributed by atoms with van der Waals surface area (Å²) in [6, 6.07) is -0.153. The van der Waals surface area contributed by atoms with Crippen LogP contribution in [0.4, 0.5) is 0 Å². The molecule has 1 unspecified atom stereocenters. The molecule has 4 nitrogen and oxygen atoms in total. The number of ether oxygens (including phenoxy) is 1. The molecule has 16 heavy (non-hydrogen) atoms. The molecule has 5 heteroatoms. The highest BCUT2D eigenvalue weighted by molar-refractivity contribution is 7.11. The highest BCUT2D eigenvalue weighted by atomic mass is 32.1. The second-order valence-electron chi connectivity index (χ2n) is 4.75. The van der Waals surface area contributed by atoms with Gasteiger partial charge in [-0.1, -0.05) is 0 Å². The van der Waals surface area contributed by atoms with E-state index in [2.05, 4.69) is 4.98 Å². The number of nitrogens with two attached hydrogens (primary N) is 1. The molecule has 1 aromatic heterocycles. The van der Waals surface area contributed by atoms with Crippen LogP contribution in [0.25, 0.3) is 0 Å². The number of rotatable bonds is 2. The molecule has 1 aromatic rings. The van der Waals surface area contributed by atoms with Crippen LogP contribution in [0.3, 0.4) is 0 Å². The van der Waals surface area contributed by atoms with Gasteiger partial charge in [-0.25, -0.2) is 9.78 Å². The number of hydrogen-bond donors (Lipinski definition) is 1. The van der Waals surface area contributed by atoms with Crippen LogP contribution in [-0.4, -0.2) is 16.6 Å². The van der Waals surface area contributed by atoms with Crippen LogP contribution in [0.15, 0.2) is 0 Å². The number of aromatic nitrogens is 1. The van der Waals surface area contributed by atoms with Crippen molar-refractivity contribution in [1.82, 2.24) is 4.98 Å². The Labute approximate surface area is 99.8 Å². The molecule has 0 aliphatic carbocycles. The van der Waals surface area contributed by atoms with E-state index in [1.165, 1.54) is 11.3 Å². The van der Waals surface area contributed by atoms with Gasteiger partial charge < -0.3 is 10.5 Å². The molecule has 1 heterocycles. The molecule has 0 aliphatic rings. The third-order valence-electron chi connectivity index (χ3n) is 1.79. The van der Waals surface area contributed by atoms with Crippen molar-refractivity contribution in [3.8, 4) is 0 Å². The fraction of sp³-hybridized carbons (Fsp3) is 0.636.